The highest BCUT2D eigenvalue weighted by Crippen LogP contribution is 2.26. The number of fused-ring (bicyclic) bond motifs is 1. The molecule has 0 radical (unpaired) electrons. The van der Waals surface area contributed by atoms with E-state index in [1.54, 1.807) is 12.1 Å². The van der Waals surface area contributed by atoms with Gasteiger partial charge in [0.15, 0.2) is 0 Å². The van der Waals surface area contributed by atoms with Crippen molar-refractivity contribution < 1.29 is 9.84 Å². The predicted octanol–water partition coefficient (Wildman–Crippen LogP) is 2.90. The Hall–Kier alpha value is -1.48. The first-order valence-electron chi connectivity index (χ1n) is 5.64. The molecule has 0 unspecified atom stereocenters. The summed E-state index contributed by atoms with van der Waals surface area (Å²) in [6.07, 6.45) is 2.10. The van der Waals surface area contributed by atoms with Gasteiger partial charge in [0.2, 0.25) is 0 Å². The van der Waals surface area contributed by atoms with Gasteiger partial charge in [-0.25, -0.2) is 0 Å². The van der Waals surface area contributed by atoms with Gasteiger partial charge in [0, 0.05) is 35.8 Å². The van der Waals surface area contributed by atoms with Crippen LogP contribution in [0.5, 0.6) is 5.75 Å². The van der Waals surface area contributed by atoms with Crippen LogP contribution >= 0.6 is 0 Å². The van der Waals surface area contributed by atoms with E-state index in [-0.39, 0.29) is 0 Å². The Labute approximate surface area is 95.3 Å². The summed E-state index contributed by atoms with van der Waals surface area (Å²) in [4.78, 5) is 0. The number of benzene rings is 1. The van der Waals surface area contributed by atoms with Crippen LogP contribution in [0.1, 0.15) is 19.4 Å². The topological polar surface area (TPSA) is 34.4 Å². The molecule has 0 aliphatic heterocycles. The van der Waals surface area contributed by atoms with Gasteiger partial charge in [-0.3, -0.25) is 0 Å². The Morgan fingerprint density at radius 2 is 2.12 bits per heavy atom. The van der Waals surface area contributed by atoms with Gasteiger partial charge in [0.25, 0.3) is 0 Å². The van der Waals surface area contributed by atoms with Crippen LogP contribution < -0.4 is 0 Å². The zero-order chi connectivity index (χ0) is 11.5. The van der Waals surface area contributed by atoms with Crippen molar-refractivity contribution in [2.45, 2.75) is 27.0 Å². The van der Waals surface area contributed by atoms with Gasteiger partial charge in [0.05, 0.1) is 6.61 Å². The number of hydrogen-bond acceptors (Lipinski definition) is 2. The second-order valence-corrected chi connectivity index (χ2v) is 3.78. The molecule has 1 heterocycles. The van der Waals surface area contributed by atoms with Gasteiger partial charge in [-0.05, 0) is 32.0 Å². The van der Waals surface area contributed by atoms with Crippen molar-refractivity contribution in [2.24, 2.45) is 0 Å². The maximum absolute atomic E-state index is 9.51. The van der Waals surface area contributed by atoms with E-state index in [9.17, 15) is 5.11 Å². The minimum absolute atomic E-state index is 0.305. The lowest BCUT2D eigenvalue weighted by Gasteiger charge is -2.00. The van der Waals surface area contributed by atoms with Gasteiger partial charge >= 0.3 is 0 Å². The molecule has 0 bridgehead atoms. The monoisotopic (exact) mass is 219 g/mol. The number of phenols is 1. The van der Waals surface area contributed by atoms with E-state index in [4.69, 9.17) is 4.74 Å². The fourth-order valence-corrected chi connectivity index (χ4v) is 1.95. The van der Waals surface area contributed by atoms with Crippen LogP contribution in [0.4, 0.5) is 0 Å². The van der Waals surface area contributed by atoms with Crippen LogP contribution in [0.2, 0.25) is 0 Å². The van der Waals surface area contributed by atoms with Crippen molar-refractivity contribution in [3.8, 4) is 5.75 Å². The molecule has 3 heteroatoms. The van der Waals surface area contributed by atoms with E-state index in [1.807, 2.05) is 13.0 Å². The third-order valence-electron chi connectivity index (χ3n) is 2.75. The quantitative estimate of drug-likeness (QED) is 0.858. The number of aromatic hydroxyl groups is 1. The maximum atomic E-state index is 9.51. The zero-order valence-electron chi connectivity index (χ0n) is 9.73. The minimum Gasteiger partial charge on any atom is -0.508 e. The molecule has 2 aromatic rings. The van der Waals surface area contributed by atoms with Crippen molar-refractivity contribution in [3.63, 3.8) is 0 Å². The lowest BCUT2D eigenvalue weighted by Crippen LogP contribution is -1.91. The van der Waals surface area contributed by atoms with Crippen LogP contribution in [0.25, 0.3) is 10.9 Å². The van der Waals surface area contributed by atoms with E-state index in [0.29, 0.717) is 19.0 Å². The first kappa shape index (κ1) is 11.0. The Kier molecular flexibility index (Phi) is 3.15. The van der Waals surface area contributed by atoms with Crippen molar-refractivity contribution in [1.82, 2.24) is 4.57 Å². The molecule has 0 saturated carbocycles. The summed E-state index contributed by atoms with van der Waals surface area (Å²) in [5.74, 6) is 0.305. The fraction of sp³-hybridized carbons (Fsp3) is 0.385. The summed E-state index contributed by atoms with van der Waals surface area (Å²) in [7, 11) is 0. The van der Waals surface area contributed by atoms with E-state index >= 15 is 0 Å². The second-order valence-electron chi connectivity index (χ2n) is 3.78. The lowest BCUT2D eigenvalue weighted by atomic mass is 10.2. The Balaban J connectivity index is 2.50. The standard InChI is InChI=1S/C13H17NO2/c1-3-14-8-10(9-16-4-2)12-7-11(15)5-6-13(12)14/h5-8,15H,3-4,9H2,1-2H3. The van der Waals surface area contributed by atoms with Crippen molar-refractivity contribution in [1.29, 1.82) is 0 Å². The van der Waals surface area contributed by atoms with Crippen LogP contribution in [0, 0.1) is 0 Å². The number of rotatable bonds is 4. The van der Waals surface area contributed by atoms with Crippen molar-refractivity contribution >= 4 is 10.9 Å². The van der Waals surface area contributed by atoms with Gasteiger partial charge in [-0.2, -0.15) is 0 Å². The van der Waals surface area contributed by atoms with E-state index in [1.165, 1.54) is 0 Å². The van der Waals surface area contributed by atoms with Gasteiger partial charge in [0.1, 0.15) is 5.75 Å². The largest absolute Gasteiger partial charge is 0.508 e. The molecule has 16 heavy (non-hydrogen) atoms. The lowest BCUT2D eigenvalue weighted by molar-refractivity contribution is 0.135. The molecule has 0 fully saturated rings. The predicted molar refractivity (Wildman–Crippen MR) is 64.6 cm³/mol. The third-order valence-corrected chi connectivity index (χ3v) is 2.75. The average Bonchev–Trinajstić information content (AvgIpc) is 2.64. The molecular weight excluding hydrogens is 202 g/mol. The molecule has 0 aliphatic rings. The number of aromatic nitrogens is 1. The highest BCUT2D eigenvalue weighted by atomic mass is 16.5. The summed E-state index contributed by atoms with van der Waals surface area (Å²) >= 11 is 0. The fourth-order valence-electron chi connectivity index (χ4n) is 1.95. The summed E-state index contributed by atoms with van der Waals surface area (Å²) in [5, 5.41) is 10.6. The normalized spacial score (nSPS) is 11.1. The molecule has 86 valence electrons. The Morgan fingerprint density at radius 1 is 1.31 bits per heavy atom. The van der Waals surface area contributed by atoms with Crippen molar-refractivity contribution in [3.05, 3.63) is 30.0 Å². The molecule has 0 saturated heterocycles. The minimum atomic E-state index is 0.305. The molecule has 2 rings (SSSR count). The molecular formula is C13H17NO2. The van der Waals surface area contributed by atoms with E-state index in [2.05, 4.69) is 17.7 Å². The zero-order valence-corrected chi connectivity index (χ0v) is 9.73. The molecule has 1 aromatic heterocycles. The average molecular weight is 219 g/mol. The van der Waals surface area contributed by atoms with Crippen LogP contribution in [0.15, 0.2) is 24.4 Å². The molecule has 1 aromatic carbocycles. The maximum Gasteiger partial charge on any atom is 0.116 e. The Morgan fingerprint density at radius 3 is 2.81 bits per heavy atom. The molecule has 0 amide bonds. The van der Waals surface area contributed by atoms with E-state index < -0.39 is 0 Å². The van der Waals surface area contributed by atoms with Crippen LogP contribution in [0.3, 0.4) is 0 Å². The van der Waals surface area contributed by atoms with E-state index in [0.717, 1.165) is 23.0 Å². The second kappa shape index (κ2) is 4.58. The molecule has 0 spiro atoms. The number of ether oxygens (including phenoxy) is 1. The third kappa shape index (κ3) is 1.91. The highest BCUT2D eigenvalue weighted by molar-refractivity contribution is 5.85. The first-order chi connectivity index (χ1) is 7.76. The smallest absolute Gasteiger partial charge is 0.116 e. The number of nitrogens with zero attached hydrogens (tertiary/aromatic N) is 1. The summed E-state index contributed by atoms with van der Waals surface area (Å²) in [5.41, 5.74) is 2.28. The molecule has 1 N–H and O–H groups in total. The molecule has 0 atom stereocenters. The first-order valence-corrected chi connectivity index (χ1v) is 5.64. The van der Waals surface area contributed by atoms with Gasteiger partial charge in [-0.15, -0.1) is 0 Å². The van der Waals surface area contributed by atoms with Gasteiger partial charge in [-0.1, -0.05) is 0 Å². The SMILES string of the molecule is CCOCc1cn(CC)c2ccc(O)cc12. The summed E-state index contributed by atoms with van der Waals surface area (Å²) in [6.45, 7) is 6.32. The summed E-state index contributed by atoms with van der Waals surface area (Å²) in [6, 6.07) is 5.47. The Bertz CT molecular complexity index is 488. The highest BCUT2D eigenvalue weighted by Gasteiger charge is 2.08. The summed E-state index contributed by atoms with van der Waals surface area (Å²) < 4.78 is 7.60. The number of phenolic OH excluding ortho intramolecular Hbond substituents is 1. The van der Waals surface area contributed by atoms with Crippen molar-refractivity contribution in [2.75, 3.05) is 6.61 Å². The molecule has 0 aliphatic carbocycles. The number of aryl methyl sites for hydroxylation is 1. The molecule has 3 nitrogen and oxygen atoms in total. The van der Waals surface area contributed by atoms with Crippen LogP contribution in [-0.4, -0.2) is 16.3 Å². The van der Waals surface area contributed by atoms with Gasteiger partial charge < -0.3 is 14.4 Å². The van der Waals surface area contributed by atoms with Crippen LogP contribution in [-0.2, 0) is 17.9 Å². The number of hydrogen-bond donors (Lipinski definition) is 1.